The number of hydrogen-bond donors (Lipinski definition) is 1. The first-order valence-electron chi connectivity index (χ1n) is 7.88. The number of rotatable bonds is 6. The van der Waals surface area contributed by atoms with E-state index >= 15 is 0 Å². The second kappa shape index (κ2) is 8.41. The molecule has 1 N–H and O–H groups in total. The minimum absolute atomic E-state index is 0.233. The van der Waals surface area contributed by atoms with Gasteiger partial charge >= 0.3 is 5.97 Å². The van der Waals surface area contributed by atoms with Crippen LogP contribution in [0, 0.1) is 13.8 Å². The molecule has 5 nitrogen and oxygen atoms in total. The van der Waals surface area contributed by atoms with Crippen LogP contribution in [0.25, 0.3) is 0 Å². The molecule has 0 unspecified atom stereocenters. The second-order valence-electron chi connectivity index (χ2n) is 5.62. The molecule has 2 rings (SSSR count). The average Bonchev–Trinajstić information content (AvgIpc) is 2.85. The molecule has 0 atom stereocenters. The monoisotopic (exact) mass is 382 g/mol. The Balaban J connectivity index is 1.88. The number of carbonyl (C=O) groups excluding carboxylic acids is 2. The van der Waals surface area contributed by atoms with Crippen molar-refractivity contribution in [1.82, 2.24) is 9.88 Å². The van der Waals surface area contributed by atoms with E-state index in [1.54, 1.807) is 24.3 Å². The summed E-state index contributed by atoms with van der Waals surface area (Å²) in [6.45, 7) is 6.44. The summed E-state index contributed by atoms with van der Waals surface area (Å²) < 4.78 is 7.12. The van der Waals surface area contributed by atoms with Gasteiger partial charge in [0.05, 0.1) is 5.56 Å². The van der Waals surface area contributed by atoms with Gasteiger partial charge in [0.25, 0.3) is 5.91 Å². The minimum atomic E-state index is -0.507. The highest BCUT2D eigenvalue weighted by molar-refractivity contribution is 6.35. The van der Waals surface area contributed by atoms with E-state index in [0.29, 0.717) is 15.6 Å². The predicted molar refractivity (Wildman–Crippen MR) is 98.2 cm³/mol. The fraction of sp³-hybridized carbons (Fsp3) is 0.333. The normalized spacial score (nSPS) is 10.6. The number of ether oxygens (including phenoxy) is 1. The minimum Gasteiger partial charge on any atom is -0.452 e. The van der Waals surface area contributed by atoms with Gasteiger partial charge in [-0.2, -0.15) is 0 Å². The summed E-state index contributed by atoms with van der Waals surface area (Å²) in [7, 11) is 0. The fourth-order valence-electron chi connectivity index (χ4n) is 2.61. The fourth-order valence-corrected chi connectivity index (χ4v) is 3.09. The van der Waals surface area contributed by atoms with Crippen LogP contribution in [0.2, 0.25) is 10.0 Å². The largest absolute Gasteiger partial charge is 0.452 e. The smallest absolute Gasteiger partial charge is 0.340 e. The number of benzene rings is 1. The molecule has 25 heavy (non-hydrogen) atoms. The van der Waals surface area contributed by atoms with Crippen molar-refractivity contribution in [3.05, 3.63) is 56.8 Å². The SMILES string of the molecule is CCn1c(C)cc(C(=O)OCC(=O)NCc2ccc(Cl)cc2Cl)c1C. The summed E-state index contributed by atoms with van der Waals surface area (Å²) in [6, 6.07) is 6.80. The molecule has 0 saturated carbocycles. The lowest BCUT2D eigenvalue weighted by Crippen LogP contribution is -2.28. The second-order valence-corrected chi connectivity index (χ2v) is 6.46. The molecule has 0 aliphatic heterocycles. The highest BCUT2D eigenvalue weighted by Gasteiger charge is 2.17. The van der Waals surface area contributed by atoms with Gasteiger partial charge in [-0.1, -0.05) is 29.3 Å². The molecule has 0 fully saturated rings. The van der Waals surface area contributed by atoms with Gasteiger partial charge in [0.1, 0.15) is 0 Å². The van der Waals surface area contributed by atoms with Gasteiger partial charge in [0.15, 0.2) is 6.61 Å². The van der Waals surface area contributed by atoms with E-state index in [0.717, 1.165) is 23.5 Å². The molecule has 7 heteroatoms. The summed E-state index contributed by atoms with van der Waals surface area (Å²) in [5.41, 5.74) is 3.03. The standard InChI is InChI=1S/C18H20Cl2N2O3/c1-4-22-11(2)7-15(12(22)3)18(24)25-10-17(23)21-9-13-5-6-14(19)8-16(13)20/h5-8H,4,9-10H2,1-3H3,(H,21,23). The Bertz CT molecular complexity index is 800. The van der Waals surface area contributed by atoms with Gasteiger partial charge < -0.3 is 14.6 Å². The Morgan fingerprint density at radius 2 is 1.92 bits per heavy atom. The van der Waals surface area contributed by atoms with E-state index in [1.807, 2.05) is 25.3 Å². The number of nitrogens with zero attached hydrogens (tertiary/aromatic N) is 1. The van der Waals surface area contributed by atoms with Crippen LogP contribution in [-0.4, -0.2) is 23.1 Å². The quantitative estimate of drug-likeness (QED) is 0.770. The Labute approximate surface area is 156 Å². The first-order chi connectivity index (χ1) is 11.8. The zero-order valence-electron chi connectivity index (χ0n) is 14.4. The van der Waals surface area contributed by atoms with Crippen LogP contribution in [0.3, 0.4) is 0 Å². The lowest BCUT2D eigenvalue weighted by molar-refractivity contribution is -0.124. The zero-order chi connectivity index (χ0) is 18.6. The van der Waals surface area contributed by atoms with E-state index in [9.17, 15) is 9.59 Å². The highest BCUT2D eigenvalue weighted by Crippen LogP contribution is 2.20. The maximum atomic E-state index is 12.2. The Morgan fingerprint density at radius 1 is 1.20 bits per heavy atom. The maximum absolute atomic E-state index is 12.2. The summed E-state index contributed by atoms with van der Waals surface area (Å²) in [5.74, 6) is -0.906. The van der Waals surface area contributed by atoms with Crippen molar-refractivity contribution in [2.75, 3.05) is 6.61 Å². The molecule has 0 bridgehead atoms. The molecular weight excluding hydrogens is 363 g/mol. The van der Waals surface area contributed by atoms with Crippen molar-refractivity contribution in [3.8, 4) is 0 Å². The molecule has 1 heterocycles. The van der Waals surface area contributed by atoms with Gasteiger partial charge in [0, 0.05) is 34.5 Å². The molecule has 1 amide bonds. The third-order valence-corrected chi connectivity index (χ3v) is 4.52. The van der Waals surface area contributed by atoms with Crippen LogP contribution in [0.15, 0.2) is 24.3 Å². The van der Waals surface area contributed by atoms with E-state index < -0.39 is 11.9 Å². The van der Waals surface area contributed by atoms with Crippen molar-refractivity contribution >= 4 is 35.1 Å². The van der Waals surface area contributed by atoms with Crippen LogP contribution in [0.1, 0.15) is 34.2 Å². The number of carbonyl (C=O) groups is 2. The highest BCUT2D eigenvalue weighted by atomic mass is 35.5. The average molecular weight is 383 g/mol. The third kappa shape index (κ3) is 4.77. The number of nitrogens with one attached hydrogen (secondary N) is 1. The van der Waals surface area contributed by atoms with Gasteiger partial charge in [-0.25, -0.2) is 4.79 Å². The first kappa shape index (κ1) is 19.3. The molecule has 0 saturated heterocycles. The molecule has 2 aromatic rings. The van der Waals surface area contributed by atoms with E-state index in [1.165, 1.54) is 0 Å². The molecule has 1 aromatic carbocycles. The Hall–Kier alpha value is -1.98. The van der Waals surface area contributed by atoms with Gasteiger partial charge in [-0.05, 0) is 44.5 Å². The number of esters is 1. The number of halogens is 2. The summed E-state index contributed by atoms with van der Waals surface area (Å²) in [4.78, 5) is 24.0. The lowest BCUT2D eigenvalue weighted by atomic mass is 10.2. The van der Waals surface area contributed by atoms with Crippen LogP contribution in [-0.2, 0) is 22.6 Å². The number of amides is 1. The van der Waals surface area contributed by atoms with Crippen molar-refractivity contribution in [2.24, 2.45) is 0 Å². The van der Waals surface area contributed by atoms with Gasteiger partial charge in [-0.3, -0.25) is 4.79 Å². The number of hydrogen-bond acceptors (Lipinski definition) is 3. The molecule has 0 radical (unpaired) electrons. The van der Waals surface area contributed by atoms with Crippen molar-refractivity contribution < 1.29 is 14.3 Å². The molecule has 134 valence electrons. The Kier molecular flexibility index (Phi) is 6.51. The van der Waals surface area contributed by atoms with Crippen LogP contribution >= 0.6 is 23.2 Å². The maximum Gasteiger partial charge on any atom is 0.340 e. The number of aryl methyl sites for hydroxylation is 1. The topological polar surface area (TPSA) is 60.3 Å². The summed E-state index contributed by atoms with van der Waals surface area (Å²) >= 11 is 11.9. The first-order valence-corrected chi connectivity index (χ1v) is 8.63. The molecular formula is C18H20Cl2N2O3. The molecule has 0 aliphatic rings. The van der Waals surface area contributed by atoms with Crippen molar-refractivity contribution in [3.63, 3.8) is 0 Å². The summed E-state index contributed by atoms with van der Waals surface area (Å²) in [5, 5.41) is 3.66. The number of aromatic nitrogens is 1. The summed E-state index contributed by atoms with van der Waals surface area (Å²) in [6.07, 6.45) is 0. The van der Waals surface area contributed by atoms with Crippen molar-refractivity contribution in [1.29, 1.82) is 0 Å². The van der Waals surface area contributed by atoms with E-state index in [4.69, 9.17) is 27.9 Å². The predicted octanol–water partition coefficient (Wildman–Crippen LogP) is 3.90. The van der Waals surface area contributed by atoms with Gasteiger partial charge in [0.2, 0.25) is 0 Å². The van der Waals surface area contributed by atoms with E-state index in [2.05, 4.69) is 5.32 Å². The van der Waals surface area contributed by atoms with Crippen LogP contribution in [0.4, 0.5) is 0 Å². The Morgan fingerprint density at radius 3 is 2.52 bits per heavy atom. The van der Waals surface area contributed by atoms with Crippen molar-refractivity contribution in [2.45, 2.75) is 33.9 Å². The third-order valence-electron chi connectivity index (χ3n) is 3.94. The van der Waals surface area contributed by atoms with Crippen LogP contribution < -0.4 is 5.32 Å². The van der Waals surface area contributed by atoms with Crippen LogP contribution in [0.5, 0.6) is 0 Å². The zero-order valence-corrected chi connectivity index (χ0v) is 15.9. The van der Waals surface area contributed by atoms with Gasteiger partial charge in [-0.15, -0.1) is 0 Å². The molecule has 0 spiro atoms. The molecule has 1 aromatic heterocycles. The lowest BCUT2D eigenvalue weighted by Gasteiger charge is -2.09. The molecule has 0 aliphatic carbocycles. The van der Waals surface area contributed by atoms with E-state index in [-0.39, 0.29) is 13.2 Å².